The van der Waals surface area contributed by atoms with Crippen molar-refractivity contribution >= 4 is 17.6 Å². The first-order valence-corrected chi connectivity index (χ1v) is 4.02. The third-order valence-electron chi connectivity index (χ3n) is 1.57. The molecule has 76 valence electrons. The average molecular weight is 222 g/mol. The number of aliphatic carboxylic acids is 1. The van der Waals surface area contributed by atoms with E-state index >= 15 is 0 Å². The van der Waals surface area contributed by atoms with Gasteiger partial charge in [0.25, 0.3) is 6.43 Å². The summed E-state index contributed by atoms with van der Waals surface area (Å²) in [6.45, 7) is 0. The fourth-order valence-corrected chi connectivity index (χ4v) is 1.17. The molecular weight excluding hydrogens is 216 g/mol. The summed E-state index contributed by atoms with van der Waals surface area (Å²) in [6.07, 6.45) is -2.33. The van der Waals surface area contributed by atoms with Gasteiger partial charge in [-0.2, -0.15) is 0 Å². The van der Waals surface area contributed by atoms with Gasteiger partial charge in [0.2, 0.25) is 0 Å². The Labute approximate surface area is 83.3 Å². The highest BCUT2D eigenvalue weighted by Crippen LogP contribution is 2.24. The second-order valence-corrected chi connectivity index (χ2v) is 2.96. The van der Waals surface area contributed by atoms with E-state index in [1.54, 1.807) is 0 Å². The van der Waals surface area contributed by atoms with Crippen molar-refractivity contribution in [1.82, 2.24) is 4.98 Å². The third-order valence-corrected chi connectivity index (χ3v) is 1.77. The van der Waals surface area contributed by atoms with Crippen LogP contribution in [-0.2, 0) is 11.2 Å². The lowest BCUT2D eigenvalue weighted by Crippen LogP contribution is -2.04. The molecule has 0 unspecified atom stereocenters. The molecule has 0 atom stereocenters. The van der Waals surface area contributed by atoms with Gasteiger partial charge in [-0.25, -0.2) is 13.8 Å². The van der Waals surface area contributed by atoms with Crippen molar-refractivity contribution in [1.29, 1.82) is 0 Å². The number of carbonyl (C=O) groups is 1. The van der Waals surface area contributed by atoms with Crippen LogP contribution in [0.25, 0.3) is 0 Å². The Balaban J connectivity index is 3.09. The number of alkyl halides is 2. The number of hydrogen-bond donors (Lipinski definition) is 1. The predicted molar refractivity (Wildman–Crippen MR) is 45.5 cm³/mol. The Morgan fingerprint density at radius 1 is 1.64 bits per heavy atom. The van der Waals surface area contributed by atoms with Gasteiger partial charge in [-0.1, -0.05) is 11.6 Å². The number of rotatable bonds is 3. The minimum absolute atomic E-state index is 0.00523. The molecular formula is C8H6ClF2NO2. The highest BCUT2D eigenvalue weighted by molar-refractivity contribution is 6.29. The van der Waals surface area contributed by atoms with Gasteiger partial charge in [0.15, 0.2) is 0 Å². The van der Waals surface area contributed by atoms with Crippen LogP contribution in [-0.4, -0.2) is 16.1 Å². The molecule has 1 aromatic rings. The molecule has 0 saturated carbocycles. The van der Waals surface area contributed by atoms with Crippen LogP contribution in [0.15, 0.2) is 12.3 Å². The Hall–Kier alpha value is -1.23. The van der Waals surface area contributed by atoms with Crippen molar-refractivity contribution in [2.24, 2.45) is 0 Å². The van der Waals surface area contributed by atoms with Gasteiger partial charge in [-0.15, -0.1) is 0 Å². The monoisotopic (exact) mass is 221 g/mol. The number of aromatic nitrogens is 1. The van der Waals surface area contributed by atoms with Crippen molar-refractivity contribution in [2.45, 2.75) is 12.8 Å². The second-order valence-electron chi connectivity index (χ2n) is 2.58. The normalized spacial score (nSPS) is 10.6. The molecule has 1 aromatic heterocycles. The summed E-state index contributed by atoms with van der Waals surface area (Å²) in [5.41, 5.74) is -0.399. The standard InChI is InChI=1S/C8H6ClF2NO2/c9-6-1-4(2-7(13)14)5(3-12-6)8(10)11/h1,3,8H,2H2,(H,13,14). The summed E-state index contributed by atoms with van der Waals surface area (Å²) in [4.78, 5) is 13.8. The van der Waals surface area contributed by atoms with Crippen molar-refractivity contribution in [3.05, 3.63) is 28.5 Å². The summed E-state index contributed by atoms with van der Waals surface area (Å²) in [5.74, 6) is -1.19. The number of nitrogens with zero attached hydrogens (tertiary/aromatic N) is 1. The molecule has 1 rings (SSSR count). The van der Waals surface area contributed by atoms with E-state index in [0.29, 0.717) is 0 Å². The minimum Gasteiger partial charge on any atom is -0.481 e. The van der Waals surface area contributed by atoms with Gasteiger partial charge in [-0.05, 0) is 11.6 Å². The molecule has 0 bridgehead atoms. The van der Waals surface area contributed by atoms with Crippen LogP contribution in [0.2, 0.25) is 5.15 Å². The zero-order valence-corrected chi connectivity index (χ0v) is 7.63. The summed E-state index contributed by atoms with van der Waals surface area (Å²) in [5, 5.41) is 8.46. The van der Waals surface area contributed by atoms with E-state index in [0.717, 1.165) is 12.3 Å². The lowest BCUT2D eigenvalue weighted by molar-refractivity contribution is -0.136. The fourth-order valence-electron chi connectivity index (χ4n) is 0.991. The highest BCUT2D eigenvalue weighted by Gasteiger charge is 2.15. The zero-order valence-electron chi connectivity index (χ0n) is 6.88. The first-order chi connectivity index (χ1) is 6.50. The predicted octanol–water partition coefficient (Wildman–Crippen LogP) is 2.30. The van der Waals surface area contributed by atoms with Crippen molar-refractivity contribution in [3.8, 4) is 0 Å². The Morgan fingerprint density at radius 3 is 2.79 bits per heavy atom. The molecule has 0 fully saturated rings. The number of carboxylic acids is 1. The molecule has 3 nitrogen and oxygen atoms in total. The topological polar surface area (TPSA) is 50.2 Å². The maximum atomic E-state index is 12.3. The number of hydrogen-bond acceptors (Lipinski definition) is 2. The smallest absolute Gasteiger partial charge is 0.307 e. The molecule has 0 saturated heterocycles. The van der Waals surface area contributed by atoms with Gasteiger partial charge < -0.3 is 5.11 Å². The molecule has 0 aromatic carbocycles. The summed E-state index contributed by atoms with van der Waals surface area (Å²) in [6, 6.07) is 1.14. The minimum atomic E-state index is -2.74. The van der Waals surface area contributed by atoms with Crippen LogP contribution in [0.5, 0.6) is 0 Å². The largest absolute Gasteiger partial charge is 0.481 e. The number of carboxylic acid groups (broad SMARTS) is 1. The quantitative estimate of drug-likeness (QED) is 0.797. The van der Waals surface area contributed by atoms with Gasteiger partial charge in [0.1, 0.15) is 5.15 Å². The van der Waals surface area contributed by atoms with Crippen LogP contribution in [0.4, 0.5) is 8.78 Å². The van der Waals surface area contributed by atoms with Crippen LogP contribution in [0, 0.1) is 0 Å². The van der Waals surface area contributed by atoms with E-state index in [1.807, 2.05) is 0 Å². The number of halogens is 3. The third kappa shape index (κ3) is 2.63. The van der Waals surface area contributed by atoms with Gasteiger partial charge >= 0.3 is 5.97 Å². The Bertz CT molecular complexity index is 357. The lowest BCUT2D eigenvalue weighted by Gasteiger charge is -2.05. The van der Waals surface area contributed by atoms with Crippen molar-refractivity contribution < 1.29 is 18.7 Å². The molecule has 1 N–H and O–H groups in total. The summed E-state index contributed by atoms with van der Waals surface area (Å²) >= 11 is 5.46. The molecule has 0 aliphatic heterocycles. The van der Waals surface area contributed by atoms with E-state index in [9.17, 15) is 13.6 Å². The SMILES string of the molecule is O=C(O)Cc1cc(Cl)ncc1C(F)F. The maximum absolute atomic E-state index is 12.3. The van der Waals surface area contributed by atoms with Crippen LogP contribution in [0.3, 0.4) is 0 Å². The Morgan fingerprint density at radius 2 is 2.29 bits per heavy atom. The first kappa shape index (κ1) is 10.8. The average Bonchev–Trinajstić information content (AvgIpc) is 2.01. The number of pyridine rings is 1. The van der Waals surface area contributed by atoms with Crippen LogP contribution < -0.4 is 0 Å². The van der Waals surface area contributed by atoms with Crippen LogP contribution in [0.1, 0.15) is 17.6 Å². The van der Waals surface area contributed by atoms with E-state index in [2.05, 4.69) is 4.98 Å². The molecule has 0 aliphatic rings. The van der Waals surface area contributed by atoms with Crippen molar-refractivity contribution in [3.63, 3.8) is 0 Å². The van der Waals surface area contributed by atoms with E-state index in [-0.39, 0.29) is 10.7 Å². The summed E-state index contributed by atoms with van der Waals surface area (Å²) in [7, 11) is 0. The first-order valence-electron chi connectivity index (χ1n) is 3.65. The zero-order chi connectivity index (χ0) is 10.7. The van der Waals surface area contributed by atoms with Gasteiger partial charge in [0.05, 0.1) is 6.42 Å². The van der Waals surface area contributed by atoms with Gasteiger partial charge in [-0.3, -0.25) is 4.79 Å². The second kappa shape index (κ2) is 4.32. The molecule has 0 radical (unpaired) electrons. The van der Waals surface area contributed by atoms with Gasteiger partial charge in [0, 0.05) is 11.8 Å². The molecule has 0 spiro atoms. The van der Waals surface area contributed by atoms with E-state index < -0.39 is 24.4 Å². The Kier molecular flexibility index (Phi) is 3.35. The fraction of sp³-hybridized carbons (Fsp3) is 0.250. The van der Waals surface area contributed by atoms with Crippen molar-refractivity contribution in [2.75, 3.05) is 0 Å². The molecule has 0 aliphatic carbocycles. The highest BCUT2D eigenvalue weighted by atomic mass is 35.5. The molecule has 1 heterocycles. The molecule has 0 amide bonds. The van der Waals surface area contributed by atoms with E-state index in [1.165, 1.54) is 0 Å². The molecule has 14 heavy (non-hydrogen) atoms. The summed E-state index contributed by atoms with van der Waals surface area (Å²) < 4.78 is 24.7. The van der Waals surface area contributed by atoms with E-state index in [4.69, 9.17) is 16.7 Å². The maximum Gasteiger partial charge on any atom is 0.307 e. The lowest BCUT2D eigenvalue weighted by atomic mass is 10.1. The van der Waals surface area contributed by atoms with Crippen LogP contribution >= 0.6 is 11.6 Å². The molecule has 6 heteroatoms.